The Morgan fingerprint density at radius 3 is 2.43 bits per heavy atom. The molecule has 2 aromatic carbocycles. The van der Waals surface area contributed by atoms with E-state index in [0.717, 1.165) is 16.9 Å². The first-order valence-corrected chi connectivity index (χ1v) is 7.00. The van der Waals surface area contributed by atoms with Gasteiger partial charge in [0.05, 0.1) is 12.1 Å². The van der Waals surface area contributed by atoms with Gasteiger partial charge in [0.1, 0.15) is 11.6 Å². The van der Waals surface area contributed by atoms with E-state index in [1.165, 1.54) is 6.07 Å². The van der Waals surface area contributed by atoms with Crippen molar-refractivity contribution in [3.63, 3.8) is 0 Å². The number of benzene rings is 2. The summed E-state index contributed by atoms with van der Waals surface area (Å²) in [5, 5.41) is 0. The van der Waals surface area contributed by atoms with Gasteiger partial charge in [-0.2, -0.15) is 0 Å². The first kappa shape index (κ1) is 15.5. The normalized spacial score (nSPS) is 12.5. The molecule has 2 rings (SSSR count). The molecule has 0 heterocycles. The molecule has 0 aromatic heterocycles. The number of rotatable bonds is 5. The Balaban J connectivity index is 2.34. The number of nitrogens with one attached hydrogen (secondary N) is 1. The topological polar surface area (TPSA) is 47.3 Å². The lowest BCUT2D eigenvalue weighted by Gasteiger charge is -2.19. The molecular formula is C17H21FN2O. The van der Waals surface area contributed by atoms with E-state index in [4.69, 9.17) is 10.6 Å². The second kappa shape index (κ2) is 6.70. The lowest BCUT2D eigenvalue weighted by molar-refractivity contribution is 0.242. The maximum Gasteiger partial charge on any atom is 0.126 e. The zero-order valence-corrected chi connectivity index (χ0v) is 12.6. The standard InChI is InChI=1S/C17H21FN2O/c1-11(2)21-15-6-4-5-13(9-15)17(20-19)14-8-7-12(3)16(18)10-14/h4-11,17,20H,19H2,1-3H3. The van der Waals surface area contributed by atoms with Gasteiger partial charge in [-0.3, -0.25) is 5.84 Å². The summed E-state index contributed by atoms with van der Waals surface area (Å²) >= 11 is 0. The highest BCUT2D eigenvalue weighted by atomic mass is 19.1. The molecule has 21 heavy (non-hydrogen) atoms. The van der Waals surface area contributed by atoms with E-state index in [0.29, 0.717) is 5.56 Å². The molecule has 3 N–H and O–H groups in total. The number of hydrogen-bond donors (Lipinski definition) is 2. The Morgan fingerprint density at radius 1 is 1.10 bits per heavy atom. The third kappa shape index (κ3) is 3.80. The van der Waals surface area contributed by atoms with Gasteiger partial charge in [-0.15, -0.1) is 0 Å². The smallest absolute Gasteiger partial charge is 0.126 e. The van der Waals surface area contributed by atoms with Crippen LogP contribution >= 0.6 is 0 Å². The zero-order valence-electron chi connectivity index (χ0n) is 12.6. The van der Waals surface area contributed by atoms with Crippen LogP contribution in [-0.4, -0.2) is 6.10 Å². The largest absolute Gasteiger partial charge is 0.491 e. The van der Waals surface area contributed by atoms with E-state index in [-0.39, 0.29) is 18.0 Å². The van der Waals surface area contributed by atoms with Gasteiger partial charge in [0, 0.05) is 0 Å². The Labute approximate surface area is 124 Å². The first-order chi connectivity index (χ1) is 10.0. The fourth-order valence-corrected chi connectivity index (χ4v) is 2.21. The van der Waals surface area contributed by atoms with Crippen LogP contribution in [0.5, 0.6) is 5.75 Å². The quantitative estimate of drug-likeness (QED) is 0.654. The van der Waals surface area contributed by atoms with Crippen molar-refractivity contribution in [2.24, 2.45) is 5.84 Å². The maximum atomic E-state index is 13.7. The molecule has 0 bridgehead atoms. The van der Waals surface area contributed by atoms with Crippen molar-refractivity contribution in [1.82, 2.24) is 5.43 Å². The highest BCUT2D eigenvalue weighted by Crippen LogP contribution is 2.26. The van der Waals surface area contributed by atoms with Crippen molar-refractivity contribution in [2.75, 3.05) is 0 Å². The highest BCUT2D eigenvalue weighted by molar-refractivity contribution is 5.37. The monoisotopic (exact) mass is 288 g/mol. The number of hydrogen-bond acceptors (Lipinski definition) is 3. The molecule has 2 aromatic rings. The fraction of sp³-hybridized carbons (Fsp3) is 0.294. The molecule has 0 amide bonds. The van der Waals surface area contributed by atoms with Gasteiger partial charge in [0.25, 0.3) is 0 Å². The van der Waals surface area contributed by atoms with Gasteiger partial charge in [-0.05, 0) is 55.7 Å². The predicted octanol–water partition coefficient (Wildman–Crippen LogP) is 3.47. The summed E-state index contributed by atoms with van der Waals surface area (Å²) in [6, 6.07) is 12.5. The number of hydrazine groups is 1. The van der Waals surface area contributed by atoms with E-state index in [1.54, 1.807) is 13.0 Å². The molecule has 0 aliphatic rings. The summed E-state index contributed by atoms with van der Waals surface area (Å²) in [7, 11) is 0. The summed E-state index contributed by atoms with van der Waals surface area (Å²) in [4.78, 5) is 0. The molecule has 0 saturated heterocycles. The fourth-order valence-electron chi connectivity index (χ4n) is 2.21. The van der Waals surface area contributed by atoms with Crippen molar-refractivity contribution in [1.29, 1.82) is 0 Å². The van der Waals surface area contributed by atoms with Crippen molar-refractivity contribution in [2.45, 2.75) is 32.9 Å². The van der Waals surface area contributed by atoms with Gasteiger partial charge in [0.15, 0.2) is 0 Å². The predicted molar refractivity (Wildman–Crippen MR) is 82.5 cm³/mol. The second-order valence-corrected chi connectivity index (χ2v) is 5.35. The summed E-state index contributed by atoms with van der Waals surface area (Å²) in [6.45, 7) is 5.68. The Hall–Kier alpha value is -1.91. The minimum atomic E-state index is -0.282. The summed E-state index contributed by atoms with van der Waals surface area (Å²) < 4.78 is 19.4. The van der Waals surface area contributed by atoms with Crippen LogP contribution in [0.4, 0.5) is 4.39 Å². The maximum absolute atomic E-state index is 13.7. The van der Waals surface area contributed by atoms with Gasteiger partial charge < -0.3 is 4.74 Å². The minimum Gasteiger partial charge on any atom is -0.491 e. The van der Waals surface area contributed by atoms with E-state index >= 15 is 0 Å². The zero-order chi connectivity index (χ0) is 15.4. The summed E-state index contributed by atoms with van der Waals surface area (Å²) in [6.07, 6.45) is 0.0985. The molecule has 0 aliphatic heterocycles. The van der Waals surface area contributed by atoms with E-state index < -0.39 is 0 Å². The third-order valence-corrected chi connectivity index (χ3v) is 3.26. The van der Waals surface area contributed by atoms with Crippen LogP contribution in [-0.2, 0) is 0 Å². The molecule has 0 radical (unpaired) electrons. The van der Waals surface area contributed by atoms with Crippen LogP contribution in [0.25, 0.3) is 0 Å². The first-order valence-electron chi connectivity index (χ1n) is 7.00. The SMILES string of the molecule is Cc1ccc(C(NN)c2cccc(OC(C)C)c2)cc1F. The van der Waals surface area contributed by atoms with Crippen LogP contribution in [0.3, 0.4) is 0 Å². The van der Waals surface area contributed by atoms with Gasteiger partial charge in [-0.25, -0.2) is 9.82 Å². The third-order valence-electron chi connectivity index (χ3n) is 3.26. The van der Waals surface area contributed by atoms with Gasteiger partial charge in [0.2, 0.25) is 0 Å². The van der Waals surface area contributed by atoms with Crippen molar-refractivity contribution in [3.8, 4) is 5.75 Å². The average molecular weight is 288 g/mol. The van der Waals surface area contributed by atoms with Crippen LogP contribution in [0.15, 0.2) is 42.5 Å². The number of halogens is 1. The number of aryl methyl sites for hydroxylation is 1. The van der Waals surface area contributed by atoms with E-state index in [9.17, 15) is 4.39 Å². The summed E-state index contributed by atoms with van der Waals surface area (Å²) in [5.74, 6) is 6.20. The molecular weight excluding hydrogens is 267 g/mol. The molecule has 0 aliphatic carbocycles. The van der Waals surface area contributed by atoms with E-state index in [2.05, 4.69) is 5.43 Å². The van der Waals surface area contributed by atoms with Crippen molar-refractivity contribution in [3.05, 3.63) is 65.0 Å². The molecule has 4 heteroatoms. The van der Waals surface area contributed by atoms with E-state index in [1.807, 2.05) is 44.2 Å². The second-order valence-electron chi connectivity index (χ2n) is 5.35. The van der Waals surface area contributed by atoms with Gasteiger partial charge in [-0.1, -0.05) is 24.3 Å². The Morgan fingerprint density at radius 2 is 1.81 bits per heavy atom. The lowest BCUT2D eigenvalue weighted by atomic mass is 9.98. The summed E-state index contributed by atoms with van der Waals surface area (Å²) in [5.41, 5.74) is 5.07. The lowest BCUT2D eigenvalue weighted by Crippen LogP contribution is -2.29. The van der Waals surface area contributed by atoms with Crippen molar-refractivity contribution < 1.29 is 9.13 Å². The number of nitrogens with two attached hydrogens (primary N) is 1. The average Bonchev–Trinajstić information content (AvgIpc) is 2.43. The highest BCUT2D eigenvalue weighted by Gasteiger charge is 2.14. The van der Waals surface area contributed by atoms with Crippen LogP contribution < -0.4 is 16.0 Å². The minimum absolute atomic E-state index is 0.0985. The molecule has 0 saturated carbocycles. The van der Waals surface area contributed by atoms with Crippen molar-refractivity contribution >= 4 is 0 Å². The van der Waals surface area contributed by atoms with Gasteiger partial charge >= 0.3 is 0 Å². The molecule has 112 valence electrons. The molecule has 0 spiro atoms. The molecule has 1 atom stereocenters. The molecule has 3 nitrogen and oxygen atoms in total. The Bertz CT molecular complexity index is 613. The van der Waals surface area contributed by atoms with Crippen LogP contribution in [0, 0.1) is 12.7 Å². The molecule has 1 unspecified atom stereocenters. The van der Waals surface area contributed by atoms with Crippen LogP contribution in [0.1, 0.15) is 36.6 Å². The molecule has 0 fully saturated rings. The van der Waals surface area contributed by atoms with Crippen LogP contribution in [0.2, 0.25) is 0 Å². The Kier molecular flexibility index (Phi) is 4.94. The number of ether oxygens (including phenoxy) is 1.